The van der Waals surface area contributed by atoms with Gasteiger partial charge in [0.2, 0.25) is 0 Å². The molecule has 0 radical (unpaired) electrons. The molecule has 0 unspecified atom stereocenters. The molecule has 0 aliphatic rings. The second-order valence-electron chi connectivity index (χ2n) is 7.35. The molecule has 0 bridgehead atoms. The van der Waals surface area contributed by atoms with Crippen molar-refractivity contribution in [1.29, 1.82) is 0 Å². The fraction of sp³-hybridized carbons (Fsp3) is 0.478. The van der Waals surface area contributed by atoms with Crippen LogP contribution in [0, 0.1) is 0 Å². The highest BCUT2D eigenvalue weighted by Gasteiger charge is 2.31. The molecule has 0 amide bonds. The summed E-state index contributed by atoms with van der Waals surface area (Å²) in [7, 11) is 0. The summed E-state index contributed by atoms with van der Waals surface area (Å²) in [5, 5.41) is 0. The van der Waals surface area contributed by atoms with Crippen LogP contribution in [0.2, 0.25) is 0 Å². The van der Waals surface area contributed by atoms with Crippen LogP contribution in [0.15, 0.2) is 48.5 Å². The van der Waals surface area contributed by atoms with Crippen molar-refractivity contribution in [2.45, 2.75) is 71.6 Å². The van der Waals surface area contributed by atoms with Gasteiger partial charge in [-0.1, -0.05) is 90.1 Å². The zero-order valence-corrected chi connectivity index (χ0v) is 15.7. The first-order valence-electron chi connectivity index (χ1n) is 9.15. The number of hydrogen-bond donors (Lipinski definition) is 0. The molecule has 0 heteroatoms. The molecule has 124 valence electrons. The standard InChI is InChI=1S/C23H32/c1-7-23(8-2,21-13-9-11-19(15-21)17(3)4)22-14-10-12-20(16-22)18(5)6/h9-18H,7-8H2,1-6H3. The van der Waals surface area contributed by atoms with Crippen LogP contribution in [0.3, 0.4) is 0 Å². The van der Waals surface area contributed by atoms with E-state index < -0.39 is 0 Å². The van der Waals surface area contributed by atoms with E-state index in [9.17, 15) is 0 Å². The minimum Gasteiger partial charge on any atom is -0.0642 e. The van der Waals surface area contributed by atoms with E-state index in [4.69, 9.17) is 0 Å². The van der Waals surface area contributed by atoms with Gasteiger partial charge in [-0.05, 0) is 46.9 Å². The predicted octanol–water partition coefficient (Wildman–Crippen LogP) is 7.04. The summed E-state index contributed by atoms with van der Waals surface area (Å²) in [5.74, 6) is 1.15. The smallest absolute Gasteiger partial charge is 0.0197 e. The Bertz CT molecular complexity index is 576. The highest BCUT2D eigenvalue weighted by atomic mass is 14.3. The molecule has 0 aliphatic heterocycles. The van der Waals surface area contributed by atoms with Crippen LogP contribution >= 0.6 is 0 Å². The molecule has 0 spiro atoms. The molecule has 0 heterocycles. The third kappa shape index (κ3) is 3.52. The molecule has 2 aromatic rings. The fourth-order valence-corrected chi connectivity index (χ4v) is 3.62. The third-order valence-corrected chi connectivity index (χ3v) is 5.42. The first-order chi connectivity index (χ1) is 10.9. The van der Waals surface area contributed by atoms with Gasteiger partial charge < -0.3 is 0 Å². The lowest BCUT2D eigenvalue weighted by Crippen LogP contribution is -2.26. The molecule has 0 nitrogen and oxygen atoms in total. The summed E-state index contributed by atoms with van der Waals surface area (Å²) in [6, 6.07) is 18.5. The second-order valence-corrected chi connectivity index (χ2v) is 7.35. The quantitative estimate of drug-likeness (QED) is 0.537. The maximum atomic E-state index is 2.43. The Balaban J connectivity index is 2.59. The number of benzene rings is 2. The van der Waals surface area contributed by atoms with Gasteiger partial charge in [0.25, 0.3) is 0 Å². The first kappa shape index (κ1) is 17.8. The second kappa shape index (κ2) is 7.34. The minimum absolute atomic E-state index is 0.121. The molecule has 2 rings (SSSR count). The lowest BCUT2D eigenvalue weighted by atomic mass is 9.69. The SMILES string of the molecule is CCC(CC)(c1cccc(C(C)C)c1)c1cccc(C(C)C)c1. The van der Waals surface area contributed by atoms with Crippen LogP contribution in [0.25, 0.3) is 0 Å². The molecule has 2 aromatic carbocycles. The highest BCUT2D eigenvalue weighted by molar-refractivity contribution is 5.43. The Morgan fingerprint density at radius 1 is 0.696 bits per heavy atom. The molecule has 0 aromatic heterocycles. The maximum absolute atomic E-state index is 2.43. The zero-order valence-electron chi connectivity index (χ0n) is 15.7. The lowest BCUT2D eigenvalue weighted by molar-refractivity contribution is 0.477. The van der Waals surface area contributed by atoms with Crippen LogP contribution in [0.4, 0.5) is 0 Å². The van der Waals surface area contributed by atoms with Gasteiger partial charge in [-0.3, -0.25) is 0 Å². The molecule has 0 aliphatic carbocycles. The van der Waals surface area contributed by atoms with E-state index in [1.807, 2.05) is 0 Å². The van der Waals surface area contributed by atoms with Crippen molar-refractivity contribution in [3.63, 3.8) is 0 Å². The Labute approximate surface area is 143 Å². The summed E-state index contributed by atoms with van der Waals surface area (Å²) in [5.41, 5.74) is 5.93. The van der Waals surface area contributed by atoms with E-state index in [1.54, 1.807) is 0 Å². The van der Waals surface area contributed by atoms with Crippen LogP contribution in [0.1, 0.15) is 88.5 Å². The summed E-state index contributed by atoms with van der Waals surface area (Å²) < 4.78 is 0. The molecular formula is C23H32. The molecule has 23 heavy (non-hydrogen) atoms. The van der Waals surface area contributed by atoms with Gasteiger partial charge in [-0.2, -0.15) is 0 Å². The fourth-order valence-electron chi connectivity index (χ4n) is 3.62. The van der Waals surface area contributed by atoms with Gasteiger partial charge in [0.1, 0.15) is 0 Å². The van der Waals surface area contributed by atoms with Crippen molar-refractivity contribution in [2.75, 3.05) is 0 Å². The topological polar surface area (TPSA) is 0 Å². The summed E-state index contributed by atoms with van der Waals surface area (Å²) >= 11 is 0. The van der Waals surface area contributed by atoms with Gasteiger partial charge in [-0.15, -0.1) is 0 Å². The Kier molecular flexibility index (Phi) is 5.68. The van der Waals surface area contributed by atoms with Crippen molar-refractivity contribution in [3.8, 4) is 0 Å². The van der Waals surface area contributed by atoms with E-state index in [1.165, 1.54) is 22.3 Å². The summed E-state index contributed by atoms with van der Waals surface area (Å²) in [4.78, 5) is 0. The molecular weight excluding hydrogens is 276 g/mol. The first-order valence-corrected chi connectivity index (χ1v) is 9.15. The van der Waals surface area contributed by atoms with Crippen LogP contribution in [-0.2, 0) is 5.41 Å². The van der Waals surface area contributed by atoms with E-state index in [0.29, 0.717) is 11.8 Å². The lowest BCUT2D eigenvalue weighted by Gasteiger charge is -2.34. The number of hydrogen-bond acceptors (Lipinski definition) is 0. The Hall–Kier alpha value is -1.56. The van der Waals surface area contributed by atoms with E-state index in [2.05, 4.69) is 90.1 Å². The molecule has 0 atom stereocenters. The number of rotatable bonds is 6. The van der Waals surface area contributed by atoms with Crippen molar-refractivity contribution < 1.29 is 0 Å². The van der Waals surface area contributed by atoms with E-state index in [0.717, 1.165) is 12.8 Å². The van der Waals surface area contributed by atoms with Crippen molar-refractivity contribution in [3.05, 3.63) is 70.8 Å². The molecule has 0 saturated heterocycles. The van der Waals surface area contributed by atoms with Crippen molar-refractivity contribution in [2.24, 2.45) is 0 Å². The zero-order chi connectivity index (χ0) is 17.0. The van der Waals surface area contributed by atoms with Gasteiger partial charge >= 0.3 is 0 Å². The molecule has 0 N–H and O–H groups in total. The van der Waals surface area contributed by atoms with Crippen LogP contribution < -0.4 is 0 Å². The normalized spacial score (nSPS) is 12.2. The minimum atomic E-state index is 0.121. The van der Waals surface area contributed by atoms with Gasteiger partial charge in [0.15, 0.2) is 0 Å². The average molecular weight is 309 g/mol. The maximum Gasteiger partial charge on any atom is 0.0197 e. The van der Waals surface area contributed by atoms with Gasteiger partial charge in [-0.25, -0.2) is 0 Å². The van der Waals surface area contributed by atoms with Crippen molar-refractivity contribution >= 4 is 0 Å². The van der Waals surface area contributed by atoms with Crippen LogP contribution in [-0.4, -0.2) is 0 Å². The Morgan fingerprint density at radius 3 is 1.39 bits per heavy atom. The van der Waals surface area contributed by atoms with E-state index in [-0.39, 0.29) is 5.41 Å². The molecule has 0 fully saturated rings. The van der Waals surface area contributed by atoms with Gasteiger partial charge in [0.05, 0.1) is 0 Å². The Morgan fingerprint density at radius 2 is 1.09 bits per heavy atom. The van der Waals surface area contributed by atoms with Crippen LogP contribution in [0.5, 0.6) is 0 Å². The summed E-state index contributed by atoms with van der Waals surface area (Å²) in [6.45, 7) is 13.8. The third-order valence-electron chi connectivity index (χ3n) is 5.42. The molecule has 0 saturated carbocycles. The largest absolute Gasteiger partial charge is 0.0642 e. The highest BCUT2D eigenvalue weighted by Crippen LogP contribution is 2.40. The van der Waals surface area contributed by atoms with Crippen molar-refractivity contribution in [1.82, 2.24) is 0 Å². The monoisotopic (exact) mass is 308 g/mol. The summed E-state index contributed by atoms with van der Waals surface area (Å²) in [6.07, 6.45) is 2.26. The predicted molar refractivity (Wildman–Crippen MR) is 102 cm³/mol. The average Bonchev–Trinajstić information content (AvgIpc) is 2.57. The van der Waals surface area contributed by atoms with E-state index >= 15 is 0 Å². The van der Waals surface area contributed by atoms with Gasteiger partial charge in [0, 0.05) is 5.41 Å².